The van der Waals surface area contributed by atoms with Gasteiger partial charge in [-0.05, 0) is 0 Å². The third-order valence-electron chi connectivity index (χ3n) is 0.368. The van der Waals surface area contributed by atoms with Crippen LogP contribution in [0.5, 0.6) is 0 Å². The van der Waals surface area contributed by atoms with Gasteiger partial charge in [-0.2, -0.15) is 0 Å². The van der Waals surface area contributed by atoms with Gasteiger partial charge in [0.1, 0.15) is 0 Å². The fraction of sp³-hybridized carbons (Fsp3) is 0. The minimum atomic E-state index is -1.26. The molecule has 0 rings (SSSR count). The molecule has 0 heterocycles. The van der Waals surface area contributed by atoms with Crippen LogP contribution >= 0.6 is 0 Å². The van der Waals surface area contributed by atoms with Crippen LogP contribution in [-0.2, 0) is 32.0 Å². The van der Waals surface area contributed by atoms with Crippen molar-refractivity contribution in [1.29, 1.82) is 0 Å². The van der Waals surface area contributed by atoms with Crippen molar-refractivity contribution in [2.45, 2.75) is 0 Å². The molecule has 9 heavy (non-hydrogen) atoms. The molecule has 0 aliphatic carbocycles. The van der Waals surface area contributed by atoms with Crippen molar-refractivity contribution in [1.82, 2.24) is 0 Å². The Morgan fingerprint density at radius 1 is 1.00 bits per heavy atom. The SMILES string of the molecule is O=C(O)/C=C\C(=O)O.[Au]. The fourth-order valence-corrected chi connectivity index (χ4v) is 0.143. The van der Waals surface area contributed by atoms with Crippen LogP contribution in [0.15, 0.2) is 12.2 Å². The number of carboxylic acid groups (broad SMARTS) is 2. The molecule has 5 heteroatoms. The van der Waals surface area contributed by atoms with Gasteiger partial charge in [0.15, 0.2) is 0 Å². The zero-order chi connectivity index (χ0) is 6.57. The molecule has 0 spiro atoms. The first-order chi connectivity index (χ1) is 3.63. The Hall–Kier alpha value is -0.580. The van der Waals surface area contributed by atoms with Crippen LogP contribution in [0.25, 0.3) is 0 Å². The molecule has 0 atom stereocenters. The van der Waals surface area contributed by atoms with Crippen molar-refractivity contribution >= 4 is 11.9 Å². The molecule has 0 aromatic carbocycles. The molecule has 0 saturated heterocycles. The third-order valence-corrected chi connectivity index (χ3v) is 0.368. The minimum Gasteiger partial charge on any atom is -0.478 e. The second-order valence-electron chi connectivity index (χ2n) is 1.01. The molecule has 2 N–H and O–H groups in total. The van der Waals surface area contributed by atoms with Crippen LogP contribution < -0.4 is 0 Å². The van der Waals surface area contributed by atoms with E-state index in [0.717, 1.165) is 0 Å². The van der Waals surface area contributed by atoms with E-state index in [1.807, 2.05) is 0 Å². The monoisotopic (exact) mass is 313 g/mol. The average Bonchev–Trinajstić information content (AvgIpc) is 1.61. The molecule has 0 fully saturated rings. The van der Waals surface area contributed by atoms with Gasteiger partial charge in [-0.15, -0.1) is 0 Å². The van der Waals surface area contributed by atoms with Crippen LogP contribution in [0.1, 0.15) is 0 Å². The summed E-state index contributed by atoms with van der Waals surface area (Å²) in [6.07, 6.45) is 1.12. The zero-order valence-corrected chi connectivity index (χ0v) is 6.33. The minimum absolute atomic E-state index is 0. The van der Waals surface area contributed by atoms with Crippen LogP contribution in [0, 0.1) is 0 Å². The molecule has 0 unspecified atom stereocenters. The number of hydrogen-bond donors (Lipinski definition) is 2. The Morgan fingerprint density at radius 3 is 1.33 bits per heavy atom. The summed E-state index contributed by atoms with van der Waals surface area (Å²) >= 11 is 0. The van der Waals surface area contributed by atoms with Crippen molar-refractivity contribution in [3.8, 4) is 0 Å². The third kappa shape index (κ3) is 11.2. The summed E-state index contributed by atoms with van der Waals surface area (Å²) in [6, 6.07) is 0. The molecule has 55 valence electrons. The molecule has 0 bridgehead atoms. The predicted octanol–water partition coefficient (Wildman–Crippen LogP) is -0.291. The van der Waals surface area contributed by atoms with Gasteiger partial charge in [0, 0.05) is 34.5 Å². The molecule has 0 saturated carbocycles. The maximum Gasteiger partial charge on any atom is 0.328 e. The van der Waals surface area contributed by atoms with Gasteiger partial charge in [-0.3, -0.25) is 0 Å². The first-order valence-electron chi connectivity index (χ1n) is 1.77. The molecular weight excluding hydrogens is 309 g/mol. The first kappa shape index (κ1) is 11.2. The van der Waals surface area contributed by atoms with Gasteiger partial charge in [0.05, 0.1) is 0 Å². The van der Waals surface area contributed by atoms with E-state index in [9.17, 15) is 9.59 Å². The standard InChI is InChI=1S/C4H4O4.Au/c5-3(6)1-2-4(7)8;/h1-2H,(H,5,6)(H,7,8);/b2-1-;. The van der Waals surface area contributed by atoms with E-state index in [2.05, 4.69) is 0 Å². The number of carbonyl (C=O) groups is 2. The quantitative estimate of drug-likeness (QED) is 0.543. The van der Waals surface area contributed by atoms with Gasteiger partial charge in [-0.25, -0.2) is 9.59 Å². The maximum absolute atomic E-state index is 9.55. The first-order valence-corrected chi connectivity index (χ1v) is 1.77. The fourth-order valence-electron chi connectivity index (χ4n) is 0.143. The Morgan fingerprint density at radius 2 is 1.22 bits per heavy atom. The van der Waals surface area contributed by atoms with Crippen molar-refractivity contribution in [2.24, 2.45) is 0 Å². The summed E-state index contributed by atoms with van der Waals surface area (Å²) in [4.78, 5) is 19.1. The normalized spacial score (nSPS) is 8.44. The Labute approximate surface area is 66.7 Å². The molecule has 0 amide bonds. The summed E-state index contributed by atoms with van der Waals surface area (Å²) in [6.45, 7) is 0. The molecule has 0 aromatic rings. The zero-order valence-electron chi connectivity index (χ0n) is 4.17. The summed E-state index contributed by atoms with van der Waals surface area (Å²) < 4.78 is 0. The Bertz CT molecular complexity index is 124. The van der Waals surface area contributed by atoms with Crippen LogP contribution in [-0.4, -0.2) is 22.2 Å². The van der Waals surface area contributed by atoms with E-state index in [-0.39, 0.29) is 22.4 Å². The maximum atomic E-state index is 9.55. The molecule has 0 aliphatic heterocycles. The van der Waals surface area contributed by atoms with E-state index in [1.54, 1.807) is 0 Å². The van der Waals surface area contributed by atoms with Crippen molar-refractivity contribution in [2.75, 3.05) is 0 Å². The largest absolute Gasteiger partial charge is 0.478 e. The summed E-state index contributed by atoms with van der Waals surface area (Å²) in [5.74, 6) is -2.51. The van der Waals surface area contributed by atoms with Crippen molar-refractivity contribution in [3.63, 3.8) is 0 Å². The summed E-state index contributed by atoms with van der Waals surface area (Å²) in [5, 5.41) is 15.6. The molecule has 1 radical (unpaired) electrons. The smallest absolute Gasteiger partial charge is 0.328 e. The molecular formula is C4H4AuO4. The van der Waals surface area contributed by atoms with Crippen molar-refractivity contribution in [3.05, 3.63) is 12.2 Å². The van der Waals surface area contributed by atoms with Gasteiger partial charge < -0.3 is 10.2 Å². The van der Waals surface area contributed by atoms with Gasteiger partial charge in [0.25, 0.3) is 0 Å². The van der Waals surface area contributed by atoms with Gasteiger partial charge in [0.2, 0.25) is 0 Å². The number of rotatable bonds is 2. The predicted molar refractivity (Wildman–Crippen MR) is 24.4 cm³/mol. The molecule has 0 aromatic heterocycles. The van der Waals surface area contributed by atoms with E-state index < -0.39 is 11.9 Å². The number of hydrogen-bond acceptors (Lipinski definition) is 2. The Balaban J connectivity index is 0. The molecule has 4 nitrogen and oxygen atoms in total. The summed E-state index contributed by atoms with van der Waals surface area (Å²) in [7, 11) is 0. The topological polar surface area (TPSA) is 74.6 Å². The number of carboxylic acids is 2. The van der Waals surface area contributed by atoms with E-state index in [1.165, 1.54) is 0 Å². The van der Waals surface area contributed by atoms with E-state index in [4.69, 9.17) is 10.2 Å². The number of aliphatic carboxylic acids is 2. The van der Waals surface area contributed by atoms with Gasteiger partial charge in [-0.1, -0.05) is 0 Å². The van der Waals surface area contributed by atoms with E-state index in [0.29, 0.717) is 12.2 Å². The van der Waals surface area contributed by atoms with Gasteiger partial charge >= 0.3 is 11.9 Å². The Kier molecular flexibility index (Phi) is 6.94. The van der Waals surface area contributed by atoms with Crippen LogP contribution in [0.4, 0.5) is 0 Å². The summed E-state index contributed by atoms with van der Waals surface area (Å²) in [5.41, 5.74) is 0. The van der Waals surface area contributed by atoms with Crippen molar-refractivity contribution < 1.29 is 42.2 Å². The van der Waals surface area contributed by atoms with Crippen LogP contribution in [0.2, 0.25) is 0 Å². The van der Waals surface area contributed by atoms with Crippen LogP contribution in [0.3, 0.4) is 0 Å². The second-order valence-corrected chi connectivity index (χ2v) is 1.01. The van der Waals surface area contributed by atoms with E-state index >= 15 is 0 Å². The average molecular weight is 313 g/mol. The molecule has 0 aliphatic rings. The second kappa shape index (κ2) is 5.56.